The number of hydrogen-bond acceptors (Lipinski definition) is 3. The zero-order valence-corrected chi connectivity index (χ0v) is 16.8. The fraction of sp³-hybridized carbons (Fsp3) is 0.600. The molecule has 0 radical (unpaired) electrons. The summed E-state index contributed by atoms with van der Waals surface area (Å²) in [5.41, 5.74) is 0.835. The average Bonchev–Trinajstić information content (AvgIpc) is 3.02. The molecule has 2 saturated heterocycles. The van der Waals surface area contributed by atoms with Gasteiger partial charge in [-0.05, 0) is 6.42 Å². The third-order valence-electron chi connectivity index (χ3n) is 4.90. The Bertz CT molecular complexity index is 573. The van der Waals surface area contributed by atoms with Crippen LogP contribution in [0.3, 0.4) is 0 Å². The fourth-order valence-electron chi connectivity index (χ4n) is 3.55. The van der Waals surface area contributed by atoms with E-state index in [0.29, 0.717) is 19.3 Å². The zero-order chi connectivity index (χ0) is 18.5. The molecular weight excluding hydrogens is 453 g/mol. The summed E-state index contributed by atoms with van der Waals surface area (Å²) in [7, 11) is 0. The molecule has 0 bridgehead atoms. The number of alkyl halides is 3. The van der Waals surface area contributed by atoms with Crippen LogP contribution in [0.2, 0.25) is 0 Å². The SMILES string of the molecule is C=CC[C@H](F)[C@H]1C[C@@H](C[C@H]2O[C@@H](CI)C[C@@H]2F)O[C@@H](c2ccccc2)O1. The first-order valence-electron chi connectivity index (χ1n) is 9.07. The summed E-state index contributed by atoms with van der Waals surface area (Å²) in [6.45, 7) is 3.61. The lowest BCUT2D eigenvalue weighted by Gasteiger charge is -2.38. The summed E-state index contributed by atoms with van der Waals surface area (Å²) in [6.07, 6.45) is -1.25. The highest BCUT2D eigenvalue weighted by Crippen LogP contribution is 2.37. The molecule has 6 heteroatoms. The van der Waals surface area contributed by atoms with Crippen LogP contribution in [-0.2, 0) is 14.2 Å². The second-order valence-corrected chi connectivity index (χ2v) is 7.77. The van der Waals surface area contributed by atoms with Crippen molar-refractivity contribution in [1.82, 2.24) is 0 Å². The van der Waals surface area contributed by atoms with Crippen LogP contribution in [0.5, 0.6) is 0 Å². The molecule has 3 rings (SSSR count). The highest BCUT2D eigenvalue weighted by molar-refractivity contribution is 14.1. The van der Waals surface area contributed by atoms with E-state index in [2.05, 4.69) is 29.2 Å². The van der Waals surface area contributed by atoms with Crippen LogP contribution in [0.4, 0.5) is 8.78 Å². The normalized spacial score (nSPS) is 36.0. The third-order valence-corrected chi connectivity index (χ3v) is 5.89. The Hall–Kier alpha value is -0.570. The summed E-state index contributed by atoms with van der Waals surface area (Å²) in [4.78, 5) is 0. The van der Waals surface area contributed by atoms with E-state index in [9.17, 15) is 8.78 Å². The first-order valence-corrected chi connectivity index (χ1v) is 10.6. The molecule has 0 aliphatic carbocycles. The second-order valence-electron chi connectivity index (χ2n) is 6.89. The number of ether oxygens (including phenoxy) is 3. The van der Waals surface area contributed by atoms with Crippen molar-refractivity contribution in [2.24, 2.45) is 0 Å². The maximum atomic E-state index is 14.5. The predicted molar refractivity (Wildman–Crippen MR) is 105 cm³/mol. The lowest BCUT2D eigenvalue weighted by atomic mass is 9.97. The summed E-state index contributed by atoms with van der Waals surface area (Å²) in [5, 5.41) is 0. The van der Waals surface area contributed by atoms with E-state index < -0.39 is 30.8 Å². The van der Waals surface area contributed by atoms with Gasteiger partial charge in [0.2, 0.25) is 0 Å². The molecule has 0 saturated carbocycles. The molecule has 0 spiro atoms. The molecule has 0 unspecified atom stereocenters. The molecule has 7 atom stereocenters. The Morgan fingerprint density at radius 2 is 1.92 bits per heavy atom. The quantitative estimate of drug-likeness (QED) is 0.310. The van der Waals surface area contributed by atoms with E-state index >= 15 is 0 Å². The van der Waals surface area contributed by atoms with Crippen molar-refractivity contribution in [3.63, 3.8) is 0 Å². The lowest BCUT2D eigenvalue weighted by Crippen LogP contribution is -2.41. The Morgan fingerprint density at radius 3 is 2.58 bits per heavy atom. The minimum atomic E-state index is -1.15. The van der Waals surface area contributed by atoms with Crippen LogP contribution in [-0.4, -0.2) is 41.2 Å². The molecule has 144 valence electrons. The first kappa shape index (κ1) is 20.2. The van der Waals surface area contributed by atoms with Crippen molar-refractivity contribution >= 4 is 22.6 Å². The fourth-order valence-corrected chi connectivity index (χ4v) is 4.12. The van der Waals surface area contributed by atoms with Crippen molar-refractivity contribution in [1.29, 1.82) is 0 Å². The molecular formula is C20H25F2IO3. The largest absolute Gasteiger partial charge is 0.371 e. The molecule has 1 aromatic carbocycles. The summed E-state index contributed by atoms with van der Waals surface area (Å²) in [6, 6.07) is 9.46. The zero-order valence-electron chi connectivity index (χ0n) is 14.6. The van der Waals surface area contributed by atoms with E-state index in [-0.39, 0.29) is 18.6 Å². The van der Waals surface area contributed by atoms with Crippen molar-refractivity contribution < 1.29 is 23.0 Å². The minimum Gasteiger partial charge on any atom is -0.371 e. The molecule has 0 N–H and O–H groups in total. The molecule has 2 aliphatic rings. The second kappa shape index (κ2) is 9.57. The molecule has 0 amide bonds. The van der Waals surface area contributed by atoms with E-state index in [4.69, 9.17) is 14.2 Å². The maximum Gasteiger partial charge on any atom is 0.184 e. The topological polar surface area (TPSA) is 27.7 Å². The van der Waals surface area contributed by atoms with Crippen LogP contribution in [0.25, 0.3) is 0 Å². The van der Waals surface area contributed by atoms with Crippen LogP contribution in [0.1, 0.15) is 37.5 Å². The van der Waals surface area contributed by atoms with Crippen molar-refractivity contribution in [2.75, 3.05) is 4.43 Å². The minimum absolute atomic E-state index is 0.0501. The van der Waals surface area contributed by atoms with Gasteiger partial charge in [0.25, 0.3) is 0 Å². The van der Waals surface area contributed by atoms with E-state index in [1.165, 1.54) is 0 Å². The van der Waals surface area contributed by atoms with Gasteiger partial charge in [0.05, 0.1) is 24.4 Å². The molecule has 0 aromatic heterocycles. The Morgan fingerprint density at radius 1 is 1.15 bits per heavy atom. The van der Waals surface area contributed by atoms with Crippen molar-refractivity contribution in [3.8, 4) is 0 Å². The molecule has 3 nitrogen and oxygen atoms in total. The summed E-state index contributed by atoms with van der Waals surface area (Å²) < 4.78 is 47.3. The number of rotatable bonds is 7. The van der Waals surface area contributed by atoms with Gasteiger partial charge in [0.1, 0.15) is 12.3 Å². The van der Waals surface area contributed by atoms with Crippen LogP contribution in [0, 0.1) is 0 Å². The first-order chi connectivity index (χ1) is 12.6. The summed E-state index contributed by atoms with van der Waals surface area (Å²) >= 11 is 2.21. The Kier molecular flexibility index (Phi) is 7.43. The lowest BCUT2D eigenvalue weighted by molar-refractivity contribution is -0.263. The van der Waals surface area contributed by atoms with E-state index in [0.717, 1.165) is 9.99 Å². The van der Waals surface area contributed by atoms with Crippen LogP contribution in [0.15, 0.2) is 43.0 Å². The number of allylic oxidation sites excluding steroid dienone is 1. The molecule has 2 heterocycles. The number of halogens is 3. The molecule has 2 fully saturated rings. The van der Waals surface area contributed by atoms with Crippen molar-refractivity contribution in [3.05, 3.63) is 48.6 Å². The van der Waals surface area contributed by atoms with Gasteiger partial charge in [-0.2, -0.15) is 0 Å². The Balaban J connectivity index is 1.70. The van der Waals surface area contributed by atoms with Crippen molar-refractivity contribution in [2.45, 2.75) is 68.7 Å². The van der Waals surface area contributed by atoms with Gasteiger partial charge in [0.15, 0.2) is 6.29 Å². The van der Waals surface area contributed by atoms with Gasteiger partial charge in [-0.1, -0.05) is 59.0 Å². The van der Waals surface area contributed by atoms with Gasteiger partial charge >= 0.3 is 0 Å². The van der Waals surface area contributed by atoms with E-state index in [1.54, 1.807) is 6.08 Å². The summed E-state index contributed by atoms with van der Waals surface area (Å²) in [5.74, 6) is 0. The molecule has 2 aliphatic heterocycles. The smallest absolute Gasteiger partial charge is 0.184 e. The van der Waals surface area contributed by atoms with Gasteiger partial charge in [-0.3, -0.25) is 0 Å². The highest BCUT2D eigenvalue weighted by atomic mass is 127. The number of hydrogen-bond donors (Lipinski definition) is 0. The van der Waals surface area contributed by atoms with Gasteiger partial charge in [-0.15, -0.1) is 6.58 Å². The van der Waals surface area contributed by atoms with Gasteiger partial charge in [0, 0.05) is 29.3 Å². The maximum absolute atomic E-state index is 14.5. The van der Waals surface area contributed by atoms with Crippen LogP contribution < -0.4 is 0 Å². The molecule has 1 aromatic rings. The molecule has 26 heavy (non-hydrogen) atoms. The van der Waals surface area contributed by atoms with Crippen LogP contribution >= 0.6 is 22.6 Å². The Labute approximate surface area is 167 Å². The van der Waals surface area contributed by atoms with Gasteiger partial charge < -0.3 is 14.2 Å². The van der Waals surface area contributed by atoms with Gasteiger partial charge in [-0.25, -0.2) is 8.78 Å². The monoisotopic (exact) mass is 478 g/mol. The number of benzene rings is 1. The predicted octanol–water partition coefficient (Wildman–Crippen LogP) is 5.09. The average molecular weight is 478 g/mol. The third kappa shape index (κ3) is 5.03. The standard InChI is InChI=1S/C20H25F2IO3/c1-2-6-16(21)18-10-14(11-19-17(22)9-15(12-23)24-19)25-20(26-18)13-7-4-3-5-8-13/h2-5,7-8,14-20H,1,6,9-12H2/t14-,15+,16-,17-,18+,19+,20+/m0/s1. The van der Waals surface area contributed by atoms with E-state index in [1.807, 2.05) is 30.3 Å². The highest BCUT2D eigenvalue weighted by Gasteiger charge is 2.41.